The lowest BCUT2D eigenvalue weighted by Crippen LogP contribution is -2.26. The van der Waals surface area contributed by atoms with Crippen molar-refractivity contribution in [2.24, 2.45) is 0 Å². The van der Waals surface area contributed by atoms with Gasteiger partial charge in [-0.25, -0.2) is 0 Å². The van der Waals surface area contributed by atoms with Crippen molar-refractivity contribution in [2.75, 3.05) is 11.4 Å². The lowest BCUT2D eigenvalue weighted by Gasteiger charge is -2.14. The number of carbonyl (C=O) groups is 1. The van der Waals surface area contributed by atoms with Crippen LogP contribution in [0.1, 0.15) is 11.1 Å². The summed E-state index contributed by atoms with van der Waals surface area (Å²) in [7, 11) is 0. The molecule has 0 fully saturated rings. The average Bonchev–Trinajstić information content (AvgIpc) is 2.90. The summed E-state index contributed by atoms with van der Waals surface area (Å²) in [5.74, 6) is -0.0593. The number of halogens is 2. The van der Waals surface area contributed by atoms with Crippen LogP contribution in [0.25, 0.3) is 6.08 Å². The minimum absolute atomic E-state index is 0.0593. The Bertz CT molecular complexity index is 704. The van der Waals surface area contributed by atoms with Crippen LogP contribution < -0.4 is 4.90 Å². The molecule has 2 aromatic carbocycles. The van der Waals surface area contributed by atoms with Crippen molar-refractivity contribution in [3.63, 3.8) is 0 Å². The molecule has 1 aliphatic rings. The van der Waals surface area contributed by atoms with Gasteiger partial charge in [-0.3, -0.25) is 4.79 Å². The Morgan fingerprint density at radius 3 is 2.52 bits per heavy atom. The lowest BCUT2D eigenvalue weighted by atomic mass is 10.2. The SMILES string of the molecule is O=C(/C=C/c1c(Cl)cccc1Cl)N1CCc2ccccc21. The fraction of sp³-hybridized carbons (Fsp3) is 0.118. The van der Waals surface area contributed by atoms with Gasteiger partial charge in [-0.2, -0.15) is 0 Å². The van der Waals surface area contributed by atoms with Crippen LogP contribution in [0, 0.1) is 0 Å². The topological polar surface area (TPSA) is 20.3 Å². The summed E-state index contributed by atoms with van der Waals surface area (Å²) >= 11 is 12.2. The van der Waals surface area contributed by atoms with Gasteiger partial charge < -0.3 is 4.90 Å². The molecule has 1 heterocycles. The zero-order chi connectivity index (χ0) is 14.8. The number of carbonyl (C=O) groups excluding carboxylic acids is 1. The molecule has 0 bridgehead atoms. The van der Waals surface area contributed by atoms with Crippen LogP contribution in [-0.4, -0.2) is 12.5 Å². The third kappa shape index (κ3) is 2.82. The molecule has 0 saturated carbocycles. The van der Waals surface area contributed by atoms with E-state index in [4.69, 9.17) is 23.2 Å². The van der Waals surface area contributed by atoms with Gasteiger partial charge in [0.2, 0.25) is 0 Å². The van der Waals surface area contributed by atoms with Gasteiger partial charge in [0.15, 0.2) is 0 Å². The van der Waals surface area contributed by atoms with Gasteiger partial charge in [-0.15, -0.1) is 0 Å². The van der Waals surface area contributed by atoms with E-state index < -0.39 is 0 Å². The number of benzene rings is 2. The number of rotatable bonds is 2. The van der Waals surface area contributed by atoms with E-state index in [0.29, 0.717) is 22.2 Å². The summed E-state index contributed by atoms with van der Waals surface area (Å²) in [5, 5.41) is 1.07. The van der Waals surface area contributed by atoms with E-state index in [1.165, 1.54) is 11.6 Å². The molecule has 1 amide bonds. The first-order valence-corrected chi connectivity index (χ1v) is 7.44. The molecule has 0 saturated heterocycles. The number of amides is 1. The molecule has 0 spiro atoms. The maximum absolute atomic E-state index is 12.4. The molecule has 106 valence electrons. The summed E-state index contributed by atoms with van der Waals surface area (Å²) in [6, 6.07) is 13.2. The fourth-order valence-electron chi connectivity index (χ4n) is 2.48. The van der Waals surface area contributed by atoms with Crippen molar-refractivity contribution in [2.45, 2.75) is 6.42 Å². The van der Waals surface area contributed by atoms with E-state index in [1.807, 2.05) is 18.2 Å². The first-order valence-electron chi connectivity index (χ1n) is 6.68. The normalized spacial score (nSPS) is 13.7. The highest BCUT2D eigenvalue weighted by atomic mass is 35.5. The molecule has 21 heavy (non-hydrogen) atoms. The standard InChI is InChI=1S/C17H13Cl2NO/c18-14-5-3-6-15(19)13(14)8-9-17(21)20-11-10-12-4-1-2-7-16(12)20/h1-9H,10-11H2/b9-8+. The van der Waals surface area contributed by atoms with Crippen LogP contribution in [0.5, 0.6) is 0 Å². The van der Waals surface area contributed by atoms with Gasteiger partial charge in [0, 0.05) is 33.9 Å². The van der Waals surface area contributed by atoms with Crippen LogP contribution in [0.15, 0.2) is 48.5 Å². The zero-order valence-electron chi connectivity index (χ0n) is 11.2. The summed E-state index contributed by atoms with van der Waals surface area (Å²) in [5.41, 5.74) is 2.86. The highest BCUT2D eigenvalue weighted by Gasteiger charge is 2.22. The molecule has 2 nitrogen and oxygen atoms in total. The Hall–Kier alpha value is -1.77. The Balaban J connectivity index is 1.83. The summed E-state index contributed by atoms with van der Waals surface area (Å²) < 4.78 is 0. The molecule has 0 radical (unpaired) electrons. The van der Waals surface area contributed by atoms with Gasteiger partial charge in [-0.1, -0.05) is 47.5 Å². The molecule has 1 aliphatic heterocycles. The van der Waals surface area contributed by atoms with Crippen LogP contribution in [0.4, 0.5) is 5.69 Å². The van der Waals surface area contributed by atoms with Crippen molar-refractivity contribution in [3.8, 4) is 0 Å². The molecule has 3 rings (SSSR count). The van der Waals surface area contributed by atoms with Crippen LogP contribution in [0.2, 0.25) is 10.0 Å². The maximum atomic E-state index is 12.4. The first-order chi connectivity index (χ1) is 10.2. The summed E-state index contributed by atoms with van der Waals surface area (Å²) in [6.45, 7) is 0.707. The summed E-state index contributed by atoms with van der Waals surface area (Å²) in [6.07, 6.45) is 4.09. The molecule has 0 aromatic heterocycles. The van der Waals surface area contributed by atoms with E-state index in [1.54, 1.807) is 29.2 Å². The van der Waals surface area contributed by atoms with Crippen molar-refractivity contribution in [1.82, 2.24) is 0 Å². The highest BCUT2D eigenvalue weighted by Crippen LogP contribution is 2.29. The van der Waals surface area contributed by atoms with Crippen molar-refractivity contribution in [1.29, 1.82) is 0 Å². The van der Waals surface area contributed by atoms with Crippen molar-refractivity contribution < 1.29 is 4.79 Å². The molecular formula is C17H13Cl2NO. The van der Waals surface area contributed by atoms with E-state index in [9.17, 15) is 4.79 Å². The molecule has 2 aromatic rings. The minimum atomic E-state index is -0.0593. The Labute approximate surface area is 133 Å². The van der Waals surface area contributed by atoms with Crippen LogP contribution >= 0.6 is 23.2 Å². The number of fused-ring (bicyclic) bond motifs is 1. The van der Waals surface area contributed by atoms with Gasteiger partial charge >= 0.3 is 0 Å². The Kier molecular flexibility index (Phi) is 4.00. The summed E-state index contributed by atoms with van der Waals surface area (Å²) in [4.78, 5) is 14.1. The predicted octanol–water partition coefficient (Wildman–Crippen LogP) is 4.60. The monoisotopic (exact) mass is 317 g/mol. The Morgan fingerprint density at radius 1 is 1.05 bits per heavy atom. The van der Waals surface area contributed by atoms with Crippen LogP contribution in [-0.2, 0) is 11.2 Å². The van der Waals surface area contributed by atoms with Gasteiger partial charge in [0.1, 0.15) is 0 Å². The van der Waals surface area contributed by atoms with E-state index in [2.05, 4.69) is 6.07 Å². The van der Waals surface area contributed by atoms with E-state index in [-0.39, 0.29) is 5.91 Å². The average molecular weight is 318 g/mol. The van der Waals surface area contributed by atoms with Gasteiger partial charge in [-0.05, 0) is 36.3 Å². The highest BCUT2D eigenvalue weighted by molar-refractivity contribution is 6.37. The number of nitrogens with zero attached hydrogens (tertiary/aromatic N) is 1. The maximum Gasteiger partial charge on any atom is 0.251 e. The number of para-hydroxylation sites is 1. The second kappa shape index (κ2) is 5.92. The molecule has 0 aliphatic carbocycles. The fourth-order valence-corrected chi connectivity index (χ4v) is 3.01. The largest absolute Gasteiger partial charge is 0.308 e. The molecular weight excluding hydrogens is 305 g/mol. The predicted molar refractivity (Wildman–Crippen MR) is 88.0 cm³/mol. The first kappa shape index (κ1) is 14.2. The smallest absolute Gasteiger partial charge is 0.251 e. The quantitative estimate of drug-likeness (QED) is 0.741. The van der Waals surface area contributed by atoms with Crippen LogP contribution in [0.3, 0.4) is 0 Å². The molecule has 4 heteroatoms. The van der Waals surface area contributed by atoms with E-state index in [0.717, 1.165) is 12.1 Å². The Morgan fingerprint density at radius 2 is 1.76 bits per heavy atom. The lowest BCUT2D eigenvalue weighted by molar-refractivity contribution is -0.114. The van der Waals surface area contributed by atoms with Crippen molar-refractivity contribution in [3.05, 3.63) is 69.7 Å². The van der Waals surface area contributed by atoms with Gasteiger partial charge in [0.05, 0.1) is 0 Å². The molecule has 0 atom stereocenters. The number of hydrogen-bond donors (Lipinski definition) is 0. The second-order valence-corrected chi connectivity index (χ2v) is 5.65. The van der Waals surface area contributed by atoms with E-state index >= 15 is 0 Å². The molecule has 0 N–H and O–H groups in total. The number of anilines is 1. The third-order valence-corrected chi connectivity index (χ3v) is 4.20. The van der Waals surface area contributed by atoms with Gasteiger partial charge in [0.25, 0.3) is 5.91 Å². The number of hydrogen-bond acceptors (Lipinski definition) is 1. The molecule has 0 unspecified atom stereocenters. The minimum Gasteiger partial charge on any atom is -0.308 e. The second-order valence-electron chi connectivity index (χ2n) is 4.84. The van der Waals surface area contributed by atoms with Crippen molar-refractivity contribution >= 4 is 40.9 Å². The third-order valence-electron chi connectivity index (χ3n) is 3.55. The zero-order valence-corrected chi connectivity index (χ0v) is 12.7.